The van der Waals surface area contributed by atoms with Gasteiger partial charge in [0.1, 0.15) is 0 Å². The third-order valence-corrected chi connectivity index (χ3v) is 3.86. The number of thiophene rings is 1. The van der Waals surface area contributed by atoms with Gasteiger partial charge < -0.3 is 10.1 Å². The molecule has 0 aliphatic rings. The third kappa shape index (κ3) is 3.68. The summed E-state index contributed by atoms with van der Waals surface area (Å²) in [6.07, 6.45) is 0. The van der Waals surface area contributed by atoms with Crippen LogP contribution in [0.15, 0.2) is 22.0 Å². The maximum Gasteiger partial charge on any atom is 0.226 e. The lowest BCUT2D eigenvalue weighted by molar-refractivity contribution is 0.326. The van der Waals surface area contributed by atoms with Crippen molar-refractivity contribution < 1.29 is 4.74 Å². The maximum absolute atomic E-state index is 5.39. The summed E-state index contributed by atoms with van der Waals surface area (Å²) in [5, 5.41) is 5.26. The minimum atomic E-state index is 0.600. The van der Waals surface area contributed by atoms with E-state index in [-0.39, 0.29) is 0 Å². The van der Waals surface area contributed by atoms with E-state index in [1.165, 1.54) is 4.88 Å². The number of aromatic nitrogens is 2. The second-order valence-electron chi connectivity index (χ2n) is 3.69. The van der Waals surface area contributed by atoms with Crippen LogP contribution in [-0.2, 0) is 6.54 Å². The predicted octanol–water partition coefficient (Wildman–Crippen LogP) is 3.62. The average Bonchev–Trinajstić information content (AvgIpc) is 2.72. The van der Waals surface area contributed by atoms with Gasteiger partial charge in [-0.25, -0.2) is 4.98 Å². The number of ether oxygens (including phenoxy) is 1. The number of halogens is 1. The summed E-state index contributed by atoms with van der Waals surface area (Å²) < 4.78 is 6.49. The molecule has 96 valence electrons. The zero-order chi connectivity index (χ0) is 13.0. The van der Waals surface area contributed by atoms with Gasteiger partial charge in [0, 0.05) is 26.5 Å². The Bertz CT molecular complexity index is 530. The number of rotatable bonds is 5. The SMILES string of the molecule is CCOc1cc(C)nc(NCc2cc(Br)cs2)n1. The van der Waals surface area contributed by atoms with E-state index in [0.29, 0.717) is 25.0 Å². The van der Waals surface area contributed by atoms with Crippen molar-refractivity contribution in [1.29, 1.82) is 0 Å². The van der Waals surface area contributed by atoms with Crippen LogP contribution in [0.5, 0.6) is 5.88 Å². The molecule has 0 aliphatic heterocycles. The first-order chi connectivity index (χ1) is 8.67. The van der Waals surface area contributed by atoms with Gasteiger partial charge >= 0.3 is 0 Å². The number of anilines is 1. The third-order valence-electron chi connectivity index (χ3n) is 2.17. The summed E-state index contributed by atoms with van der Waals surface area (Å²) in [7, 11) is 0. The molecule has 2 rings (SSSR count). The topological polar surface area (TPSA) is 47.0 Å². The lowest BCUT2D eigenvalue weighted by Crippen LogP contribution is -2.05. The van der Waals surface area contributed by atoms with Gasteiger partial charge in [0.05, 0.1) is 13.2 Å². The van der Waals surface area contributed by atoms with Crippen LogP contribution >= 0.6 is 27.3 Å². The Hall–Kier alpha value is -1.14. The molecule has 2 aromatic heterocycles. The van der Waals surface area contributed by atoms with Crippen molar-refractivity contribution in [2.24, 2.45) is 0 Å². The highest BCUT2D eigenvalue weighted by molar-refractivity contribution is 9.10. The molecule has 0 bridgehead atoms. The highest BCUT2D eigenvalue weighted by atomic mass is 79.9. The normalized spacial score (nSPS) is 10.4. The number of hydrogen-bond acceptors (Lipinski definition) is 5. The Morgan fingerprint density at radius 3 is 2.89 bits per heavy atom. The van der Waals surface area contributed by atoms with Crippen LogP contribution in [0.3, 0.4) is 0 Å². The fourth-order valence-electron chi connectivity index (χ4n) is 1.45. The molecule has 2 heterocycles. The summed E-state index contributed by atoms with van der Waals surface area (Å²) in [4.78, 5) is 9.85. The smallest absolute Gasteiger partial charge is 0.226 e. The van der Waals surface area contributed by atoms with E-state index < -0.39 is 0 Å². The molecule has 0 saturated carbocycles. The molecule has 0 amide bonds. The van der Waals surface area contributed by atoms with E-state index in [1.807, 2.05) is 19.9 Å². The van der Waals surface area contributed by atoms with Crippen LogP contribution in [0.2, 0.25) is 0 Å². The Kier molecular flexibility index (Phi) is 4.54. The van der Waals surface area contributed by atoms with E-state index in [2.05, 4.69) is 42.7 Å². The Balaban J connectivity index is 2.04. The van der Waals surface area contributed by atoms with Crippen molar-refractivity contribution in [3.63, 3.8) is 0 Å². The molecular formula is C12H14BrN3OS. The molecule has 0 radical (unpaired) electrons. The molecule has 0 fully saturated rings. The second kappa shape index (κ2) is 6.15. The van der Waals surface area contributed by atoms with Crippen molar-refractivity contribution in [3.8, 4) is 5.88 Å². The first kappa shape index (κ1) is 13.3. The maximum atomic E-state index is 5.39. The van der Waals surface area contributed by atoms with E-state index in [9.17, 15) is 0 Å². The standard InChI is InChI=1S/C12H14BrN3OS/c1-3-17-11-4-8(2)15-12(16-11)14-6-10-5-9(13)7-18-10/h4-5,7H,3,6H2,1-2H3,(H,14,15,16). The van der Waals surface area contributed by atoms with Crippen molar-refractivity contribution in [2.45, 2.75) is 20.4 Å². The van der Waals surface area contributed by atoms with E-state index in [4.69, 9.17) is 4.74 Å². The monoisotopic (exact) mass is 327 g/mol. The first-order valence-electron chi connectivity index (χ1n) is 5.62. The number of hydrogen-bond donors (Lipinski definition) is 1. The summed E-state index contributed by atoms with van der Waals surface area (Å²) in [5.41, 5.74) is 0.892. The average molecular weight is 328 g/mol. The zero-order valence-electron chi connectivity index (χ0n) is 10.2. The van der Waals surface area contributed by atoms with Crippen molar-refractivity contribution in [2.75, 3.05) is 11.9 Å². The molecule has 0 spiro atoms. The Morgan fingerprint density at radius 1 is 1.39 bits per heavy atom. The fourth-order valence-corrected chi connectivity index (χ4v) is 2.84. The van der Waals surface area contributed by atoms with E-state index in [0.717, 1.165) is 10.2 Å². The summed E-state index contributed by atoms with van der Waals surface area (Å²) in [5.74, 6) is 1.21. The lowest BCUT2D eigenvalue weighted by Gasteiger charge is -2.07. The van der Waals surface area contributed by atoms with Crippen LogP contribution < -0.4 is 10.1 Å². The second-order valence-corrected chi connectivity index (χ2v) is 5.60. The molecule has 0 aromatic carbocycles. The first-order valence-corrected chi connectivity index (χ1v) is 7.30. The lowest BCUT2D eigenvalue weighted by atomic mass is 10.4. The minimum absolute atomic E-state index is 0.600. The summed E-state index contributed by atoms with van der Waals surface area (Å²) in [6, 6.07) is 3.91. The number of nitrogens with one attached hydrogen (secondary N) is 1. The van der Waals surface area contributed by atoms with Gasteiger partial charge in [0.2, 0.25) is 11.8 Å². The van der Waals surface area contributed by atoms with Crippen molar-refractivity contribution >= 4 is 33.2 Å². The molecule has 0 aliphatic carbocycles. The molecule has 2 aromatic rings. The van der Waals surface area contributed by atoms with Crippen LogP contribution in [0.1, 0.15) is 17.5 Å². The van der Waals surface area contributed by atoms with Gasteiger partial charge in [-0.1, -0.05) is 0 Å². The van der Waals surface area contributed by atoms with E-state index in [1.54, 1.807) is 11.3 Å². The molecule has 0 atom stereocenters. The van der Waals surface area contributed by atoms with Crippen LogP contribution in [0.4, 0.5) is 5.95 Å². The van der Waals surface area contributed by atoms with Gasteiger partial charge in [0.15, 0.2) is 0 Å². The van der Waals surface area contributed by atoms with Gasteiger partial charge in [-0.2, -0.15) is 4.98 Å². The molecule has 1 N–H and O–H groups in total. The minimum Gasteiger partial charge on any atom is -0.478 e. The van der Waals surface area contributed by atoms with Crippen molar-refractivity contribution in [3.05, 3.63) is 32.6 Å². The van der Waals surface area contributed by atoms with Gasteiger partial charge in [-0.05, 0) is 35.8 Å². The Morgan fingerprint density at radius 2 is 2.22 bits per heavy atom. The van der Waals surface area contributed by atoms with E-state index >= 15 is 0 Å². The van der Waals surface area contributed by atoms with Gasteiger partial charge in [-0.3, -0.25) is 0 Å². The molecule has 18 heavy (non-hydrogen) atoms. The van der Waals surface area contributed by atoms with Crippen LogP contribution in [0.25, 0.3) is 0 Å². The van der Waals surface area contributed by atoms with Crippen molar-refractivity contribution in [1.82, 2.24) is 9.97 Å². The largest absolute Gasteiger partial charge is 0.478 e. The Labute approximate surface area is 119 Å². The van der Waals surface area contributed by atoms with Gasteiger partial charge in [-0.15, -0.1) is 11.3 Å². The van der Waals surface area contributed by atoms with Gasteiger partial charge in [0.25, 0.3) is 0 Å². The quantitative estimate of drug-likeness (QED) is 0.911. The molecule has 6 heteroatoms. The fraction of sp³-hybridized carbons (Fsp3) is 0.333. The number of nitrogens with zero attached hydrogens (tertiary/aromatic N) is 2. The summed E-state index contributed by atoms with van der Waals surface area (Å²) >= 11 is 5.12. The van der Waals surface area contributed by atoms with Crippen LogP contribution in [0, 0.1) is 6.92 Å². The van der Waals surface area contributed by atoms with Crippen LogP contribution in [-0.4, -0.2) is 16.6 Å². The molecule has 0 unspecified atom stereocenters. The predicted molar refractivity (Wildman–Crippen MR) is 77.3 cm³/mol. The summed E-state index contributed by atoms with van der Waals surface area (Å²) in [6.45, 7) is 5.18. The highest BCUT2D eigenvalue weighted by Crippen LogP contribution is 2.20. The number of aryl methyl sites for hydroxylation is 1. The molecule has 0 saturated heterocycles. The molecule has 4 nitrogen and oxygen atoms in total. The highest BCUT2D eigenvalue weighted by Gasteiger charge is 2.03. The molecular weight excluding hydrogens is 314 g/mol. The zero-order valence-corrected chi connectivity index (χ0v) is 12.6.